The average Bonchev–Trinajstić information content (AvgIpc) is 2.94. The molecule has 8 nitrogen and oxygen atoms in total. The van der Waals surface area contributed by atoms with Gasteiger partial charge in [-0.25, -0.2) is 9.97 Å². The predicted octanol–water partition coefficient (Wildman–Crippen LogP) is 1.45. The molecule has 0 unspecified atom stereocenters. The lowest BCUT2D eigenvalue weighted by Gasteiger charge is -2.03. The fraction of sp³-hybridized carbons (Fsp3) is 0.357. The number of nitrogens with zero attached hydrogens (tertiary/aromatic N) is 2. The number of H-pyrrole nitrogens is 1. The molecule has 0 bridgehead atoms. The van der Waals surface area contributed by atoms with Crippen molar-refractivity contribution < 1.29 is 14.3 Å². The van der Waals surface area contributed by atoms with E-state index < -0.39 is 5.91 Å². The minimum absolute atomic E-state index is 0.0185. The number of rotatable bonds is 7. The highest BCUT2D eigenvalue weighted by Gasteiger charge is 2.14. The number of esters is 1. The molecule has 0 aliphatic carbocycles. The average molecular weight is 368 g/mol. The largest absolute Gasteiger partial charge is 0.466 e. The molecule has 24 heavy (non-hydrogen) atoms. The van der Waals surface area contributed by atoms with E-state index in [1.807, 2.05) is 6.26 Å². The van der Waals surface area contributed by atoms with Crippen LogP contribution in [0.3, 0.4) is 0 Å². The zero-order valence-electron chi connectivity index (χ0n) is 13.1. The van der Waals surface area contributed by atoms with Gasteiger partial charge in [0.05, 0.1) is 24.5 Å². The normalized spacial score (nSPS) is 10.4. The molecule has 2 N–H and O–H groups in total. The zero-order chi connectivity index (χ0) is 17.5. The van der Waals surface area contributed by atoms with Crippen LogP contribution in [0.2, 0.25) is 0 Å². The van der Waals surface area contributed by atoms with Gasteiger partial charge in [-0.2, -0.15) is 11.8 Å². The van der Waals surface area contributed by atoms with Crippen LogP contribution in [-0.2, 0) is 21.7 Å². The maximum atomic E-state index is 12.2. The third-order valence-electron chi connectivity index (χ3n) is 2.71. The summed E-state index contributed by atoms with van der Waals surface area (Å²) < 4.78 is 4.84. The second-order valence-corrected chi connectivity index (χ2v) is 6.31. The summed E-state index contributed by atoms with van der Waals surface area (Å²) >= 11 is 2.66. The molecule has 2 aromatic heterocycles. The van der Waals surface area contributed by atoms with Crippen molar-refractivity contribution in [2.75, 3.05) is 18.2 Å². The smallest absolute Gasteiger partial charge is 0.311 e. The first-order valence-electron chi connectivity index (χ1n) is 7.02. The van der Waals surface area contributed by atoms with E-state index in [-0.39, 0.29) is 23.6 Å². The van der Waals surface area contributed by atoms with Crippen molar-refractivity contribution in [1.29, 1.82) is 0 Å². The summed E-state index contributed by atoms with van der Waals surface area (Å²) in [7, 11) is 0. The highest BCUT2D eigenvalue weighted by atomic mass is 32.2. The van der Waals surface area contributed by atoms with E-state index in [2.05, 4.69) is 20.3 Å². The van der Waals surface area contributed by atoms with Crippen LogP contribution in [0.5, 0.6) is 0 Å². The molecule has 128 valence electrons. The quantitative estimate of drug-likeness (QED) is 0.711. The molecule has 10 heteroatoms. The highest BCUT2D eigenvalue weighted by Crippen LogP contribution is 2.17. The summed E-state index contributed by atoms with van der Waals surface area (Å²) in [5.41, 5.74) is 0.141. The lowest BCUT2D eigenvalue weighted by molar-refractivity contribution is -0.142. The van der Waals surface area contributed by atoms with Gasteiger partial charge in [0.25, 0.3) is 11.5 Å². The summed E-state index contributed by atoms with van der Waals surface area (Å²) in [6.45, 7) is 2.03. The number of aromatic nitrogens is 3. The second-order valence-electron chi connectivity index (χ2n) is 4.59. The van der Waals surface area contributed by atoms with Crippen molar-refractivity contribution in [3.05, 3.63) is 39.0 Å². The fourth-order valence-electron chi connectivity index (χ4n) is 1.80. The maximum Gasteiger partial charge on any atom is 0.311 e. The van der Waals surface area contributed by atoms with Gasteiger partial charge in [-0.05, 0) is 13.2 Å². The van der Waals surface area contributed by atoms with Gasteiger partial charge < -0.3 is 9.72 Å². The topological polar surface area (TPSA) is 114 Å². The Labute approximate surface area is 146 Å². The van der Waals surface area contributed by atoms with Crippen LogP contribution in [-0.4, -0.2) is 39.7 Å². The van der Waals surface area contributed by atoms with E-state index in [4.69, 9.17) is 4.74 Å². The third kappa shape index (κ3) is 5.17. The summed E-state index contributed by atoms with van der Waals surface area (Å²) in [6, 6.07) is 1.13. The number of ether oxygens (including phenoxy) is 1. The molecular formula is C14H16N4O4S2. The van der Waals surface area contributed by atoms with Crippen LogP contribution in [0.4, 0.5) is 5.13 Å². The molecule has 0 radical (unpaired) electrons. The van der Waals surface area contributed by atoms with Crippen molar-refractivity contribution in [3.8, 4) is 0 Å². The molecule has 2 heterocycles. The molecule has 0 aromatic carbocycles. The Morgan fingerprint density at radius 1 is 1.42 bits per heavy atom. The number of anilines is 1. The number of amides is 1. The molecular weight excluding hydrogens is 352 g/mol. The molecule has 0 aliphatic rings. The van der Waals surface area contributed by atoms with Gasteiger partial charge in [0.1, 0.15) is 11.5 Å². The zero-order valence-corrected chi connectivity index (χ0v) is 14.8. The van der Waals surface area contributed by atoms with Crippen molar-refractivity contribution in [1.82, 2.24) is 15.0 Å². The third-order valence-corrected chi connectivity index (χ3v) is 4.08. The van der Waals surface area contributed by atoms with E-state index in [0.29, 0.717) is 29.0 Å². The van der Waals surface area contributed by atoms with Crippen LogP contribution in [0, 0.1) is 0 Å². The van der Waals surface area contributed by atoms with Crippen molar-refractivity contribution in [2.45, 2.75) is 19.1 Å². The van der Waals surface area contributed by atoms with Gasteiger partial charge in [0.15, 0.2) is 5.13 Å². The number of aromatic amines is 1. The van der Waals surface area contributed by atoms with Gasteiger partial charge >= 0.3 is 5.97 Å². The van der Waals surface area contributed by atoms with E-state index in [1.54, 1.807) is 12.3 Å². The number of hydrogen-bond donors (Lipinski definition) is 2. The van der Waals surface area contributed by atoms with Gasteiger partial charge in [0, 0.05) is 11.4 Å². The Morgan fingerprint density at radius 3 is 2.92 bits per heavy atom. The minimum atomic E-state index is -0.527. The summed E-state index contributed by atoms with van der Waals surface area (Å²) in [6.07, 6.45) is 1.91. The van der Waals surface area contributed by atoms with Gasteiger partial charge in [-0.3, -0.25) is 19.7 Å². The highest BCUT2D eigenvalue weighted by molar-refractivity contribution is 7.97. The Morgan fingerprint density at radius 2 is 2.21 bits per heavy atom. The minimum Gasteiger partial charge on any atom is -0.466 e. The second kappa shape index (κ2) is 8.60. The van der Waals surface area contributed by atoms with Crippen LogP contribution >= 0.6 is 23.1 Å². The molecule has 0 atom stereocenters. The van der Waals surface area contributed by atoms with Gasteiger partial charge in [-0.15, -0.1) is 11.3 Å². The van der Waals surface area contributed by atoms with Gasteiger partial charge in [-0.1, -0.05) is 0 Å². The molecule has 0 saturated heterocycles. The molecule has 0 spiro atoms. The summed E-state index contributed by atoms with van der Waals surface area (Å²) in [5, 5.41) is 4.56. The first-order valence-corrected chi connectivity index (χ1v) is 9.29. The molecule has 0 fully saturated rings. The number of carbonyl (C=O) groups is 2. The first-order chi connectivity index (χ1) is 11.5. The van der Waals surface area contributed by atoms with Crippen LogP contribution in [0.15, 0.2) is 16.2 Å². The Kier molecular flexibility index (Phi) is 6.50. The summed E-state index contributed by atoms with van der Waals surface area (Å²) in [4.78, 5) is 46.0. The number of carbonyl (C=O) groups excluding carboxylic acids is 2. The lowest BCUT2D eigenvalue weighted by atomic mass is 10.3. The number of nitrogens with one attached hydrogen (secondary N) is 2. The standard InChI is InChI=1S/C14H16N4O4S2/c1-3-22-12(20)4-8-6-24-14(15-8)18-13(21)9-5-11(19)17-10(16-9)7-23-2/h5-6H,3-4,7H2,1-2H3,(H,15,18,21)(H,16,17,19). The van der Waals surface area contributed by atoms with E-state index in [1.165, 1.54) is 23.1 Å². The molecule has 1 amide bonds. The molecule has 0 saturated carbocycles. The van der Waals surface area contributed by atoms with Gasteiger partial charge in [0.2, 0.25) is 0 Å². The first kappa shape index (κ1) is 18.1. The number of thiazole rings is 1. The maximum absolute atomic E-state index is 12.2. The Balaban J connectivity index is 2.06. The Bertz CT molecular complexity index is 787. The molecule has 2 rings (SSSR count). The monoisotopic (exact) mass is 368 g/mol. The molecule has 2 aromatic rings. The number of thioether (sulfide) groups is 1. The van der Waals surface area contributed by atoms with Crippen LogP contribution in [0.1, 0.15) is 28.9 Å². The Hall–Kier alpha value is -2.20. The van der Waals surface area contributed by atoms with Crippen molar-refractivity contribution in [3.63, 3.8) is 0 Å². The fourth-order valence-corrected chi connectivity index (χ4v) is 2.91. The van der Waals surface area contributed by atoms with E-state index in [9.17, 15) is 14.4 Å². The molecule has 0 aliphatic heterocycles. The van der Waals surface area contributed by atoms with Crippen LogP contribution in [0.25, 0.3) is 0 Å². The summed E-state index contributed by atoms with van der Waals surface area (Å²) in [5.74, 6) is 0.0264. The van der Waals surface area contributed by atoms with Crippen LogP contribution < -0.4 is 10.9 Å². The lowest BCUT2D eigenvalue weighted by Crippen LogP contribution is -2.20. The van der Waals surface area contributed by atoms with E-state index in [0.717, 1.165) is 6.07 Å². The SMILES string of the molecule is CCOC(=O)Cc1csc(NC(=O)c2cc(=O)[nH]c(CSC)n2)n1. The number of hydrogen-bond acceptors (Lipinski definition) is 8. The van der Waals surface area contributed by atoms with E-state index >= 15 is 0 Å². The van der Waals surface area contributed by atoms with Crippen molar-refractivity contribution >= 4 is 40.1 Å². The predicted molar refractivity (Wildman–Crippen MR) is 92.5 cm³/mol. The van der Waals surface area contributed by atoms with Crippen molar-refractivity contribution in [2.24, 2.45) is 0 Å².